The van der Waals surface area contributed by atoms with Crippen LogP contribution in [-0.2, 0) is 9.53 Å². The Morgan fingerprint density at radius 1 is 1.06 bits per heavy atom. The van der Waals surface area contributed by atoms with Gasteiger partial charge in [-0.15, -0.1) is 0 Å². The van der Waals surface area contributed by atoms with Crippen molar-refractivity contribution >= 4 is 16.7 Å². The second kappa shape index (κ2) is 9.97. The van der Waals surface area contributed by atoms with Crippen LogP contribution in [0.2, 0.25) is 0 Å². The molecule has 0 spiro atoms. The molecular formula is C27H31NO3. The highest BCUT2D eigenvalue weighted by atomic mass is 16.6. The number of nitrogens with one attached hydrogen (secondary N) is 1. The smallest absolute Gasteiger partial charge is 0.344 e. The Hall–Kier alpha value is -2.85. The Balaban J connectivity index is 1.37. The normalized spacial score (nSPS) is 19.3. The summed E-state index contributed by atoms with van der Waals surface area (Å²) in [5.41, 5.74) is 2.64. The molecule has 4 nitrogen and oxygen atoms in total. The summed E-state index contributed by atoms with van der Waals surface area (Å²) < 4.78 is 10.6. The van der Waals surface area contributed by atoms with Gasteiger partial charge in [-0.05, 0) is 73.1 Å². The van der Waals surface area contributed by atoms with Gasteiger partial charge < -0.3 is 14.8 Å². The summed E-state index contributed by atoms with van der Waals surface area (Å²) in [4.78, 5) is 11.5. The van der Waals surface area contributed by atoms with E-state index in [9.17, 15) is 4.79 Å². The van der Waals surface area contributed by atoms with Crippen LogP contribution in [0.25, 0.3) is 10.8 Å². The van der Waals surface area contributed by atoms with Crippen LogP contribution in [0.15, 0.2) is 66.7 Å². The lowest BCUT2D eigenvalue weighted by Crippen LogP contribution is -2.29. The molecule has 3 aromatic rings. The number of esters is 1. The third-order valence-electron chi connectivity index (χ3n) is 6.20. The van der Waals surface area contributed by atoms with Gasteiger partial charge in [0.1, 0.15) is 5.75 Å². The lowest BCUT2D eigenvalue weighted by molar-refractivity contribution is -0.145. The zero-order valence-electron chi connectivity index (χ0n) is 18.3. The summed E-state index contributed by atoms with van der Waals surface area (Å²) in [5.74, 6) is 0.898. The van der Waals surface area contributed by atoms with Crippen molar-refractivity contribution in [3.63, 3.8) is 0 Å². The van der Waals surface area contributed by atoms with Gasteiger partial charge in [0.05, 0.1) is 6.61 Å². The fraction of sp³-hybridized carbons (Fsp3) is 0.370. The van der Waals surface area contributed by atoms with Gasteiger partial charge in [0.2, 0.25) is 0 Å². The molecule has 3 aromatic carbocycles. The number of benzene rings is 3. The molecule has 0 aliphatic heterocycles. The van der Waals surface area contributed by atoms with Crippen molar-refractivity contribution in [2.24, 2.45) is 0 Å². The quantitative estimate of drug-likeness (QED) is 0.473. The molecule has 2 unspecified atom stereocenters. The number of fused-ring (bicyclic) bond motifs is 1. The van der Waals surface area contributed by atoms with E-state index < -0.39 is 0 Å². The first-order chi connectivity index (χ1) is 15.1. The van der Waals surface area contributed by atoms with E-state index in [2.05, 4.69) is 66.8 Å². The maximum atomic E-state index is 11.5. The zero-order chi connectivity index (χ0) is 21.6. The third-order valence-corrected chi connectivity index (χ3v) is 6.20. The highest BCUT2D eigenvalue weighted by molar-refractivity contribution is 5.86. The maximum Gasteiger partial charge on any atom is 0.344 e. The van der Waals surface area contributed by atoms with Crippen molar-refractivity contribution in [2.45, 2.75) is 51.1 Å². The van der Waals surface area contributed by atoms with E-state index in [1.165, 1.54) is 21.9 Å². The maximum absolute atomic E-state index is 11.5. The van der Waals surface area contributed by atoms with Crippen LogP contribution in [0.3, 0.4) is 0 Å². The van der Waals surface area contributed by atoms with Crippen molar-refractivity contribution in [3.8, 4) is 5.75 Å². The minimum Gasteiger partial charge on any atom is -0.482 e. The monoisotopic (exact) mass is 417 g/mol. The van der Waals surface area contributed by atoms with Gasteiger partial charge in [-0.25, -0.2) is 4.79 Å². The van der Waals surface area contributed by atoms with Crippen LogP contribution in [0.5, 0.6) is 5.75 Å². The van der Waals surface area contributed by atoms with Gasteiger partial charge in [-0.1, -0.05) is 54.6 Å². The van der Waals surface area contributed by atoms with Crippen LogP contribution in [0.1, 0.15) is 56.2 Å². The number of carbonyl (C=O) groups is 1. The molecule has 0 bridgehead atoms. The molecule has 3 atom stereocenters. The van der Waals surface area contributed by atoms with E-state index in [-0.39, 0.29) is 12.6 Å². The largest absolute Gasteiger partial charge is 0.482 e. The molecule has 1 aliphatic carbocycles. The van der Waals surface area contributed by atoms with Crippen molar-refractivity contribution in [1.29, 1.82) is 0 Å². The first kappa shape index (κ1) is 21.4. The molecule has 1 saturated carbocycles. The van der Waals surface area contributed by atoms with E-state index in [1.54, 1.807) is 6.92 Å². The van der Waals surface area contributed by atoms with Crippen LogP contribution in [0, 0.1) is 0 Å². The Kier molecular flexibility index (Phi) is 6.88. The third kappa shape index (κ3) is 5.26. The molecule has 4 rings (SSSR count). The summed E-state index contributed by atoms with van der Waals surface area (Å²) in [7, 11) is 0. The molecule has 1 aliphatic rings. The van der Waals surface area contributed by atoms with Crippen LogP contribution >= 0.6 is 0 Å². The first-order valence-electron chi connectivity index (χ1n) is 11.3. The molecule has 0 saturated heterocycles. The van der Waals surface area contributed by atoms with E-state index >= 15 is 0 Å². The molecule has 1 N–H and O–H groups in total. The fourth-order valence-corrected chi connectivity index (χ4v) is 4.71. The van der Waals surface area contributed by atoms with Crippen LogP contribution in [0.4, 0.5) is 0 Å². The Bertz CT molecular complexity index is 1030. The number of carbonyl (C=O) groups excluding carboxylic acids is 1. The fourth-order valence-electron chi connectivity index (χ4n) is 4.71. The molecule has 0 amide bonds. The number of hydrogen-bond acceptors (Lipinski definition) is 4. The Morgan fingerprint density at radius 2 is 1.87 bits per heavy atom. The molecule has 0 heterocycles. The first-order valence-corrected chi connectivity index (χ1v) is 11.3. The van der Waals surface area contributed by atoms with E-state index in [0.717, 1.165) is 25.0 Å². The summed E-state index contributed by atoms with van der Waals surface area (Å²) in [6.07, 6.45) is 3.42. The predicted octanol–water partition coefficient (Wildman–Crippen LogP) is 5.77. The minimum atomic E-state index is -0.333. The molecule has 31 heavy (non-hydrogen) atoms. The Labute approximate surface area is 184 Å². The molecule has 4 heteroatoms. The van der Waals surface area contributed by atoms with Crippen LogP contribution in [-0.4, -0.2) is 25.2 Å². The standard InChI is InChI=1S/C27H31NO3/c1-3-30-27(29)18-31-24-11-6-10-21(17-24)22-14-15-23(16-22)28-19(2)25-13-7-9-20-8-4-5-12-26(20)25/h4-13,17,19,22-23,28H,3,14-16,18H2,1-2H3/t19-,22?,23?/m1/s1. The van der Waals surface area contributed by atoms with Gasteiger partial charge in [0, 0.05) is 12.1 Å². The lowest BCUT2D eigenvalue weighted by atomic mass is 9.96. The van der Waals surface area contributed by atoms with Crippen molar-refractivity contribution < 1.29 is 14.3 Å². The van der Waals surface area contributed by atoms with Gasteiger partial charge in [0.15, 0.2) is 6.61 Å². The second-order valence-electron chi connectivity index (χ2n) is 8.33. The minimum absolute atomic E-state index is 0.0469. The van der Waals surface area contributed by atoms with Gasteiger partial charge in [0.25, 0.3) is 0 Å². The second-order valence-corrected chi connectivity index (χ2v) is 8.33. The molecular weight excluding hydrogens is 386 g/mol. The summed E-state index contributed by atoms with van der Waals surface area (Å²) in [6, 6.07) is 24.1. The SMILES string of the molecule is CCOC(=O)COc1cccc(C2CCC(N[C@H](C)c3cccc4ccccc34)C2)c1. The average molecular weight is 418 g/mol. The summed E-state index contributed by atoms with van der Waals surface area (Å²) in [5, 5.41) is 6.48. The highest BCUT2D eigenvalue weighted by Crippen LogP contribution is 2.37. The summed E-state index contributed by atoms with van der Waals surface area (Å²) >= 11 is 0. The number of rotatable bonds is 8. The van der Waals surface area contributed by atoms with E-state index in [1.807, 2.05) is 12.1 Å². The zero-order valence-corrected chi connectivity index (χ0v) is 18.3. The molecule has 0 radical (unpaired) electrons. The lowest BCUT2D eigenvalue weighted by Gasteiger charge is -2.21. The molecule has 1 fully saturated rings. The van der Waals surface area contributed by atoms with Gasteiger partial charge in [-0.2, -0.15) is 0 Å². The van der Waals surface area contributed by atoms with Crippen LogP contribution < -0.4 is 10.1 Å². The highest BCUT2D eigenvalue weighted by Gasteiger charge is 2.27. The topological polar surface area (TPSA) is 47.6 Å². The van der Waals surface area contributed by atoms with Gasteiger partial charge in [-0.3, -0.25) is 0 Å². The van der Waals surface area contributed by atoms with Crippen molar-refractivity contribution in [3.05, 3.63) is 77.9 Å². The number of hydrogen-bond donors (Lipinski definition) is 1. The van der Waals surface area contributed by atoms with E-state index in [0.29, 0.717) is 24.6 Å². The molecule has 0 aromatic heterocycles. The van der Waals surface area contributed by atoms with Crippen molar-refractivity contribution in [1.82, 2.24) is 5.32 Å². The van der Waals surface area contributed by atoms with E-state index in [4.69, 9.17) is 9.47 Å². The Morgan fingerprint density at radius 3 is 2.74 bits per heavy atom. The van der Waals surface area contributed by atoms with Gasteiger partial charge >= 0.3 is 5.97 Å². The van der Waals surface area contributed by atoms with Crippen molar-refractivity contribution in [2.75, 3.05) is 13.2 Å². The number of ether oxygens (including phenoxy) is 2. The molecule has 162 valence electrons. The average Bonchev–Trinajstić information content (AvgIpc) is 3.26. The summed E-state index contributed by atoms with van der Waals surface area (Å²) in [6.45, 7) is 4.38. The predicted molar refractivity (Wildman–Crippen MR) is 124 cm³/mol.